The third-order valence-electron chi connectivity index (χ3n) is 6.15. The lowest BCUT2D eigenvalue weighted by Gasteiger charge is -2.31. The third kappa shape index (κ3) is 6.61. The fourth-order valence-electron chi connectivity index (χ4n) is 4.51. The smallest absolute Gasteiger partial charge is 0.193 e. The van der Waals surface area contributed by atoms with Gasteiger partial charge in [0.2, 0.25) is 0 Å². The van der Waals surface area contributed by atoms with Crippen LogP contribution in [0.5, 0.6) is 0 Å². The maximum atomic E-state index is 4.93. The molecule has 2 aliphatic rings. The molecule has 1 atom stereocenters. The molecule has 2 heterocycles. The van der Waals surface area contributed by atoms with Gasteiger partial charge in [0.25, 0.3) is 0 Å². The van der Waals surface area contributed by atoms with Crippen LogP contribution < -0.4 is 5.32 Å². The maximum Gasteiger partial charge on any atom is 0.193 e. The Morgan fingerprint density at radius 3 is 2.75 bits per heavy atom. The summed E-state index contributed by atoms with van der Waals surface area (Å²) in [4.78, 5) is 9.92. The molecule has 6 nitrogen and oxygen atoms in total. The zero-order valence-corrected chi connectivity index (χ0v) is 20.3. The summed E-state index contributed by atoms with van der Waals surface area (Å²) in [6.45, 7) is 7.27. The van der Waals surface area contributed by atoms with Gasteiger partial charge in [-0.3, -0.25) is 9.67 Å². The Hall–Kier alpha value is -0.830. The van der Waals surface area contributed by atoms with Crippen molar-refractivity contribution < 1.29 is 0 Å². The van der Waals surface area contributed by atoms with Crippen LogP contribution in [0.4, 0.5) is 0 Å². The fourth-order valence-corrected chi connectivity index (χ4v) is 4.51. The van der Waals surface area contributed by atoms with Crippen molar-refractivity contribution in [1.29, 1.82) is 0 Å². The molecule has 1 aliphatic carbocycles. The highest BCUT2D eigenvalue weighted by Gasteiger charge is 2.26. The molecule has 0 bridgehead atoms. The quantitative estimate of drug-likeness (QED) is 0.269. The van der Waals surface area contributed by atoms with Crippen molar-refractivity contribution in [3.63, 3.8) is 0 Å². The van der Waals surface area contributed by atoms with E-state index in [2.05, 4.69) is 40.4 Å². The first-order chi connectivity index (χ1) is 13.2. The molecule has 1 saturated heterocycles. The molecule has 0 spiro atoms. The van der Waals surface area contributed by atoms with Crippen molar-refractivity contribution in [3.05, 3.63) is 18.0 Å². The first-order valence-corrected chi connectivity index (χ1v) is 10.9. The third-order valence-corrected chi connectivity index (χ3v) is 6.15. The van der Waals surface area contributed by atoms with Crippen LogP contribution in [-0.4, -0.2) is 71.4 Å². The van der Waals surface area contributed by atoms with Gasteiger partial charge in [0, 0.05) is 51.4 Å². The molecule has 1 aromatic rings. The van der Waals surface area contributed by atoms with Crippen molar-refractivity contribution in [2.45, 2.75) is 63.8 Å². The first kappa shape index (κ1) is 23.4. The highest BCUT2D eigenvalue weighted by Crippen LogP contribution is 2.26. The van der Waals surface area contributed by atoms with Crippen LogP contribution in [0.2, 0.25) is 0 Å². The summed E-state index contributed by atoms with van der Waals surface area (Å²) in [7, 11) is 4.29. The van der Waals surface area contributed by atoms with E-state index >= 15 is 0 Å². The van der Waals surface area contributed by atoms with Crippen LogP contribution in [0.3, 0.4) is 0 Å². The summed E-state index contributed by atoms with van der Waals surface area (Å²) in [5.41, 5.74) is 1.35. The zero-order valence-electron chi connectivity index (χ0n) is 17.9. The minimum Gasteiger partial charge on any atom is -0.357 e. The number of rotatable bonds is 7. The van der Waals surface area contributed by atoms with Crippen LogP contribution in [0.25, 0.3) is 0 Å². The summed E-state index contributed by atoms with van der Waals surface area (Å²) in [6.07, 6.45) is 13.5. The molecule has 0 aromatic carbocycles. The highest BCUT2D eigenvalue weighted by molar-refractivity contribution is 14.0. The number of nitrogens with one attached hydrogen (secondary N) is 1. The largest absolute Gasteiger partial charge is 0.357 e. The Kier molecular flexibility index (Phi) is 10.0. The lowest BCUT2D eigenvalue weighted by molar-refractivity contribution is 0.191. The maximum absolute atomic E-state index is 4.93. The number of guanidine groups is 1. The van der Waals surface area contributed by atoms with Gasteiger partial charge in [-0.15, -0.1) is 24.0 Å². The molecule has 2 fully saturated rings. The second-order valence-electron chi connectivity index (χ2n) is 8.24. The molecule has 160 valence electrons. The molecular formula is C21H39IN6. The number of aromatic nitrogens is 2. The summed E-state index contributed by atoms with van der Waals surface area (Å²) < 4.78 is 1.90. The molecule has 0 radical (unpaired) electrons. The van der Waals surface area contributed by atoms with Gasteiger partial charge < -0.3 is 15.1 Å². The molecule has 0 amide bonds. The molecule has 1 saturated carbocycles. The van der Waals surface area contributed by atoms with E-state index in [1.54, 1.807) is 0 Å². The van der Waals surface area contributed by atoms with Gasteiger partial charge in [0.15, 0.2) is 5.96 Å². The minimum atomic E-state index is 0. The van der Waals surface area contributed by atoms with Gasteiger partial charge in [-0.05, 0) is 51.8 Å². The van der Waals surface area contributed by atoms with E-state index in [4.69, 9.17) is 4.99 Å². The van der Waals surface area contributed by atoms with Crippen molar-refractivity contribution in [2.24, 2.45) is 12.0 Å². The van der Waals surface area contributed by atoms with Crippen LogP contribution in [0.15, 0.2) is 17.4 Å². The first-order valence-electron chi connectivity index (χ1n) is 10.9. The number of hydrogen-bond donors (Lipinski definition) is 1. The Morgan fingerprint density at radius 2 is 2.07 bits per heavy atom. The lowest BCUT2D eigenvalue weighted by atomic mass is 9.94. The van der Waals surface area contributed by atoms with Crippen molar-refractivity contribution in [2.75, 3.05) is 39.8 Å². The predicted octanol–water partition coefficient (Wildman–Crippen LogP) is 3.45. The Morgan fingerprint density at radius 1 is 1.29 bits per heavy atom. The molecule has 1 aliphatic heterocycles. The van der Waals surface area contributed by atoms with E-state index in [0.29, 0.717) is 5.92 Å². The van der Waals surface area contributed by atoms with Crippen molar-refractivity contribution in [1.82, 2.24) is 24.9 Å². The fraction of sp³-hybridized carbons (Fsp3) is 0.810. The lowest BCUT2D eigenvalue weighted by Crippen LogP contribution is -2.40. The normalized spacial score (nSPS) is 21.2. The number of likely N-dealkylation sites (tertiary alicyclic amines) is 1. The van der Waals surface area contributed by atoms with E-state index < -0.39 is 0 Å². The van der Waals surface area contributed by atoms with Gasteiger partial charge >= 0.3 is 0 Å². The predicted molar refractivity (Wildman–Crippen MR) is 128 cm³/mol. The summed E-state index contributed by atoms with van der Waals surface area (Å²) in [5.74, 6) is 1.66. The standard InChI is InChI=1S/C21H38N6.HI/c1-4-22-21(23-12-8-13-25(2)20-9-6-5-7-10-20)27-14-11-18(17-27)19-15-24-26(3)16-19;/h15-16,18,20H,4-14,17H2,1-3H3,(H,22,23);1H. The molecule has 1 aromatic heterocycles. The Labute approximate surface area is 188 Å². The van der Waals surface area contributed by atoms with Crippen molar-refractivity contribution in [3.8, 4) is 0 Å². The van der Waals surface area contributed by atoms with Crippen molar-refractivity contribution >= 4 is 29.9 Å². The summed E-state index contributed by atoms with van der Waals surface area (Å²) in [5, 5.41) is 7.83. The number of halogens is 1. The Bertz CT molecular complexity index is 595. The summed E-state index contributed by atoms with van der Waals surface area (Å²) >= 11 is 0. The Balaban J connectivity index is 0.00000280. The molecular weight excluding hydrogens is 463 g/mol. The van der Waals surface area contributed by atoms with Gasteiger partial charge in [-0.2, -0.15) is 5.10 Å². The second-order valence-corrected chi connectivity index (χ2v) is 8.24. The average Bonchev–Trinajstić information content (AvgIpc) is 3.34. The monoisotopic (exact) mass is 502 g/mol. The topological polar surface area (TPSA) is 48.7 Å². The number of aliphatic imine (C=N–C) groups is 1. The minimum absolute atomic E-state index is 0. The molecule has 3 rings (SSSR count). The SMILES string of the molecule is CCNC(=NCCCN(C)C1CCCCC1)N1CCC(c2cnn(C)c2)C1.I. The molecule has 1 N–H and O–H groups in total. The molecule has 7 heteroatoms. The second kappa shape index (κ2) is 12.0. The van der Waals surface area contributed by atoms with Gasteiger partial charge in [0.1, 0.15) is 0 Å². The van der Waals surface area contributed by atoms with E-state index in [-0.39, 0.29) is 24.0 Å². The van der Waals surface area contributed by atoms with E-state index in [1.165, 1.54) is 44.1 Å². The van der Waals surface area contributed by atoms with Crippen LogP contribution >= 0.6 is 24.0 Å². The zero-order chi connectivity index (χ0) is 19.1. The van der Waals surface area contributed by atoms with Gasteiger partial charge in [-0.1, -0.05) is 19.3 Å². The summed E-state index contributed by atoms with van der Waals surface area (Å²) in [6, 6.07) is 0.801. The average molecular weight is 502 g/mol. The van der Waals surface area contributed by atoms with Crippen LogP contribution in [-0.2, 0) is 7.05 Å². The molecule has 1 unspecified atom stereocenters. The molecule has 28 heavy (non-hydrogen) atoms. The number of nitrogens with zero attached hydrogens (tertiary/aromatic N) is 5. The highest BCUT2D eigenvalue weighted by atomic mass is 127. The van der Waals surface area contributed by atoms with E-state index in [1.807, 2.05) is 17.9 Å². The van der Waals surface area contributed by atoms with E-state index in [0.717, 1.165) is 51.1 Å². The van der Waals surface area contributed by atoms with Gasteiger partial charge in [0.05, 0.1) is 6.20 Å². The van der Waals surface area contributed by atoms with Crippen LogP contribution in [0.1, 0.15) is 63.4 Å². The number of hydrogen-bond acceptors (Lipinski definition) is 3. The van der Waals surface area contributed by atoms with Gasteiger partial charge in [-0.25, -0.2) is 0 Å². The number of aryl methyl sites for hydroxylation is 1. The van der Waals surface area contributed by atoms with Crippen LogP contribution in [0, 0.1) is 0 Å². The van der Waals surface area contributed by atoms with E-state index in [9.17, 15) is 0 Å².